The highest BCUT2D eigenvalue weighted by molar-refractivity contribution is 6.31. The summed E-state index contributed by atoms with van der Waals surface area (Å²) in [7, 11) is 0. The predicted octanol–water partition coefficient (Wildman–Crippen LogP) is 2.69. The Balaban J connectivity index is 1.32. The van der Waals surface area contributed by atoms with E-state index in [0.29, 0.717) is 48.7 Å². The molecule has 0 spiro atoms. The Morgan fingerprint density at radius 2 is 1.90 bits per heavy atom. The number of aliphatic hydroxyl groups is 4. The quantitative estimate of drug-likeness (QED) is 0.300. The van der Waals surface area contributed by atoms with Gasteiger partial charge in [0.05, 0.1) is 19.3 Å². The summed E-state index contributed by atoms with van der Waals surface area (Å²) < 4.78 is 11.6. The number of carbonyl (C=O) groups excluding carboxylic acids is 1. The number of nitrogens with zero attached hydrogens (tertiary/aromatic N) is 2. The van der Waals surface area contributed by atoms with Gasteiger partial charge in [-0.3, -0.25) is 0 Å². The molecular formula is C30H38ClN3O7. The van der Waals surface area contributed by atoms with E-state index >= 15 is 0 Å². The molecule has 2 aromatic carbocycles. The number of hydrogen-bond donors (Lipinski definition) is 5. The molecule has 2 amide bonds. The van der Waals surface area contributed by atoms with E-state index in [9.17, 15) is 30.5 Å². The lowest BCUT2D eigenvalue weighted by Crippen LogP contribution is -2.55. The highest BCUT2D eigenvalue weighted by Gasteiger charge is 2.44. The first-order chi connectivity index (χ1) is 19.5. The Morgan fingerprint density at radius 3 is 2.59 bits per heavy atom. The molecule has 41 heavy (non-hydrogen) atoms. The van der Waals surface area contributed by atoms with Crippen LogP contribution in [0.1, 0.15) is 55.9 Å². The molecule has 2 aliphatic rings. The number of rotatable bonds is 9. The molecule has 0 aromatic heterocycles. The number of benzene rings is 2. The highest BCUT2D eigenvalue weighted by Crippen LogP contribution is 2.34. The summed E-state index contributed by atoms with van der Waals surface area (Å²) in [6.07, 6.45) is -3.57. The van der Waals surface area contributed by atoms with Crippen molar-refractivity contribution in [3.8, 4) is 11.8 Å². The largest absolute Gasteiger partial charge is 0.494 e. The first-order valence-electron chi connectivity index (χ1n) is 13.8. The van der Waals surface area contributed by atoms with Gasteiger partial charge in [0.1, 0.15) is 42.3 Å². The van der Waals surface area contributed by atoms with Crippen LogP contribution >= 0.6 is 11.6 Å². The minimum Gasteiger partial charge on any atom is -0.494 e. The maximum absolute atomic E-state index is 12.6. The monoisotopic (exact) mass is 587 g/mol. The zero-order valence-electron chi connectivity index (χ0n) is 23.2. The van der Waals surface area contributed by atoms with Crippen LogP contribution in [-0.4, -0.2) is 87.1 Å². The van der Waals surface area contributed by atoms with Crippen LogP contribution in [0.4, 0.5) is 4.79 Å². The molecule has 6 atom stereocenters. The molecule has 4 rings (SSSR count). The third-order valence-corrected chi connectivity index (χ3v) is 8.08. The van der Waals surface area contributed by atoms with Crippen molar-refractivity contribution in [1.29, 1.82) is 5.26 Å². The Labute approximate surface area is 245 Å². The van der Waals surface area contributed by atoms with E-state index in [1.54, 1.807) is 23.1 Å². The van der Waals surface area contributed by atoms with Crippen LogP contribution in [0.5, 0.6) is 5.75 Å². The molecule has 0 bridgehead atoms. The van der Waals surface area contributed by atoms with Crippen LogP contribution in [0.25, 0.3) is 0 Å². The molecule has 2 saturated heterocycles. The van der Waals surface area contributed by atoms with Crippen LogP contribution in [-0.2, 0) is 11.2 Å². The molecule has 222 valence electrons. The Morgan fingerprint density at radius 1 is 1.17 bits per heavy atom. The SMILES string of the molecule is CC(C)(CCOc1ccc(Cc2cc([C@@H]3O[C@H](CO)[C@@H](O)[C@H](O)[C@H]3O)ccc2Cl)cc1)NC(=O)N1CCC[C@H]1C#N. The smallest absolute Gasteiger partial charge is 0.318 e. The van der Waals surface area contributed by atoms with Crippen LogP contribution in [0.3, 0.4) is 0 Å². The molecule has 0 radical (unpaired) electrons. The molecule has 10 nitrogen and oxygen atoms in total. The van der Waals surface area contributed by atoms with E-state index in [4.69, 9.17) is 21.1 Å². The second-order valence-electron chi connectivity index (χ2n) is 11.3. The van der Waals surface area contributed by atoms with Gasteiger partial charge in [0.15, 0.2) is 0 Å². The molecule has 2 fully saturated rings. The van der Waals surface area contributed by atoms with Gasteiger partial charge >= 0.3 is 6.03 Å². The molecule has 2 heterocycles. The molecular weight excluding hydrogens is 550 g/mol. The topological polar surface area (TPSA) is 156 Å². The second-order valence-corrected chi connectivity index (χ2v) is 11.7. The van der Waals surface area contributed by atoms with Crippen molar-refractivity contribution in [1.82, 2.24) is 10.2 Å². The van der Waals surface area contributed by atoms with Gasteiger partial charge in [-0.1, -0.05) is 35.9 Å². The fourth-order valence-corrected chi connectivity index (χ4v) is 5.38. The lowest BCUT2D eigenvalue weighted by molar-refractivity contribution is -0.231. The van der Waals surface area contributed by atoms with Crippen LogP contribution in [0.2, 0.25) is 5.02 Å². The number of nitriles is 1. The van der Waals surface area contributed by atoms with Crippen LogP contribution < -0.4 is 10.1 Å². The van der Waals surface area contributed by atoms with Gasteiger partial charge in [0.2, 0.25) is 0 Å². The van der Waals surface area contributed by atoms with Gasteiger partial charge in [-0.2, -0.15) is 5.26 Å². The third-order valence-electron chi connectivity index (χ3n) is 7.71. The number of ether oxygens (including phenoxy) is 2. The Bertz CT molecular complexity index is 1230. The highest BCUT2D eigenvalue weighted by atomic mass is 35.5. The summed E-state index contributed by atoms with van der Waals surface area (Å²) in [4.78, 5) is 14.2. The van der Waals surface area contributed by atoms with Gasteiger partial charge in [0, 0.05) is 23.5 Å². The first-order valence-corrected chi connectivity index (χ1v) is 14.2. The fourth-order valence-electron chi connectivity index (χ4n) is 5.20. The van der Waals surface area contributed by atoms with E-state index in [1.165, 1.54) is 0 Å². The maximum Gasteiger partial charge on any atom is 0.318 e. The van der Waals surface area contributed by atoms with E-state index in [1.807, 2.05) is 38.1 Å². The number of amides is 2. The zero-order valence-corrected chi connectivity index (χ0v) is 24.0. The van der Waals surface area contributed by atoms with Crippen molar-refractivity contribution in [3.05, 3.63) is 64.2 Å². The summed E-state index contributed by atoms with van der Waals surface area (Å²) in [5, 5.41) is 53.0. The average Bonchev–Trinajstić information content (AvgIpc) is 3.43. The summed E-state index contributed by atoms with van der Waals surface area (Å²) in [6, 6.07) is 14.3. The van der Waals surface area contributed by atoms with Crippen LogP contribution in [0.15, 0.2) is 42.5 Å². The third kappa shape index (κ3) is 7.49. The number of hydrogen-bond acceptors (Lipinski definition) is 8. The maximum atomic E-state index is 12.6. The fraction of sp³-hybridized carbons (Fsp3) is 0.533. The van der Waals surface area contributed by atoms with Crippen molar-refractivity contribution in [3.63, 3.8) is 0 Å². The number of nitrogens with one attached hydrogen (secondary N) is 1. The van der Waals surface area contributed by atoms with E-state index in [-0.39, 0.29) is 12.1 Å². The van der Waals surface area contributed by atoms with Gasteiger partial charge in [-0.05, 0) is 68.0 Å². The zero-order chi connectivity index (χ0) is 29.7. The van der Waals surface area contributed by atoms with Gasteiger partial charge in [-0.25, -0.2) is 4.79 Å². The van der Waals surface area contributed by atoms with E-state index < -0.39 is 42.7 Å². The molecule has 0 aliphatic carbocycles. The van der Waals surface area contributed by atoms with Gasteiger partial charge < -0.3 is 40.1 Å². The minimum atomic E-state index is -1.46. The minimum absolute atomic E-state index is 0.224. The summed E-state index contributed by atoms with van der Waals surface area (Å²) in [6.45, 7) is 4.34. The standard InChI is InChI=1S/C30H38ClN3O7/c1-30(2,33-29(39)34-12-3-4-21(34)16-32)11-13-40-22-8-5-18(6-9-22)14-20-15-19(7-10-23(20)31)28-27(38)26(37)25(36)24(17-35)41-28/h5-10,15,21,24-28,35-38H,3-4,11-14,17H2,1-2H3,(H,33,39)/t21-,24+,25+,26-,27+,28-/m0/s1. The number of urea groups is 1. The van der Waals surface area contributed by atoms with Gasteiger partial charge in [0.25, 0.3) is 0 Å². The number of aliphatic hydroxyl groups excluding tert-OH is 4. The van der Waals surface area contributed by atoms with Crippen molar-refractivity contribution in [2.45, 2.75) is 81.6 Å². The molecule has 11 heteroatoms. The summed E-state index contributed by atoms with van der Waals surface area (Å²) in [5.41, 5.74) is 1.81. The number of carbonyl (C=O) groups is 1. The van der Waals surface area contributed by atoms with Gasteiger partial charge in [-0.15, -0.1) is 0 Å². The molecule has 0 unspecified atom stereocenters. The van der Waals surface area contributed by atoms with E-state index in [2.05, 4.69) is 11.4 Å². The predicted molar refractivity (Wildman–Crippen MR) is 151 cm³/mol. The number of halogens is 1. The van der Waals surface area contributed by atoms with Crippen molar-refractivity contribution in [2.24, 2.45) is 0 Å². The first kappa shape index (κ1) is 31.0. The number of likely N-dealkylation sites (tertiary alicyclic amines) is 1. The summed E-state index contributed by atoms with van der Waals surface area (Å²) in [5.74, 6) is 0.682. The summed E-state index contributed by atoms with van der Waals surface area (Å²) >= 11 is 6.46. The molecule has 2 aromatic rings. The van der Waals surface area contributed by atoms with Crippen LogP contribution in [0, 0.1) is 11.3 Å². The molecule has 5 N–H and O–H groups in total. The molecule has 0 saturated carbocycles. The second kappa shape index (κ2) is 13.4. The Kier molecular flexibility index (Phi) is 10.1. The van der Waals surface area contributed by atoms with Crippen molar-refractivity contribution < 1.29 is 34.7 Å². The lowest BCUT2D eigenvalue weighted by atomic mass is 9.90. The normalized spacial score (nSPS) is 26.4. The Hall–Kier alpha value is -2.91. The van der Waals surface area contributed by atoms with Crippen molar-refractivity contribution in [2.75, 3.05) is 19.8 Å². The lowest BCUT2D eigenvalue weighted by Gasteiger charge is -2.40. The van der Waals surface area contributed by atoms with E-state index in [0.717, 1.165) is 17.5 Å². The average molecular weight is 588 g/mol. The molecule has 2 aliphatic heterocycles. The van der Waals surface area contributed by atoms with Crippen molar-refractivity contribution >= 4 is 17.6 Å².